The Morgan fingerprint density at radius 2 is 1.00 bits per heavy atom. The van der Waals surface area contributed by atoms with Gasteiger partial charge in [-0.2, -0.15) is 0 Å². The third-order valence-corrected chi connectivity index (χ3v) is 4.62. The van der Waals surface area contributed by atoms with E-state index < -0.39 is 4.87 Å². The summed E-state index contributed by atoms with van der Waals surface area (Å²) in [7, 11) is 0. The van der Waals surface area contributed by atoms with Crippen LogP contribution in [0.3, 0.4) is 0 Å². The summed E-state index contributed by atoms with van der Waals surface area (Å²) in [6.45, 7) is 4.23. The third-order valence-electron chi connectivity index (χ3n) is 3.96. The molecule has 0 saturated heterocycles. The van der Waals surface area contributed by atoms with Crippen LogP contribution in [0.15, 0.2) is 78.9 Å². The average Bonchev–Trinajstić information content (AvgIpc) is 2.55. The van der Waals surface area contributed by atoms with Gasteiger partial charge in [0, 0.05) is 0 Å². The van der Waals surface area contributed by atoms with E-state index in [1.54, 1.807) is 0 Å². The van der Waals surface area contributed by atoms with Gasteiger partial charge in [0.25, 0.3) is 0 Å². The summed E-state index contributed by atoms with van der Waals surface area (Å²) in [5, 5.41) is 0. The molecule has 0 radical (unpaired) electrons. The van der Waals surface area contributed by atoms with Crippen LogP contribution in [0, 0.1) is 13.8 Å². The largest absolute Gasteiger partial charge is 0.119 e. The van der Waals surface area contributed by atoms with Crippen molar-refractivity contribution in [3.8, 4) is 0 Å². The third kappa shape index (κ3) is 2.67. The summed E-state index contributed by atoms with van der Waals surface area (Å²) in [6.07, 6.45) is 0. The molecule has 0 unspecified atom stereocenters. The minimum atomic E-state index is -0.667. The second-order valence-electron chi connectivity index (χ2n) is 5.77. The van der Waals surface area contributed by atoms with Crippen molar-refractivity contribution in [2.75, 3.05) is 0 Å². The molecule has 3 aromatic carbocycles. The SMILES string of the molecule is Cc1cc(C)cc(C(Cl)(c2ccccc2)c2ccccc2)c1. The zero-order valence-electron chi connectivity index (χ0n) is 12.9. The van der Waals surface area contributed by atoms with Gasteiger partial charge < -0.3 is 0 Å². The highest BCUT2D eigenvalue weighted by Crippen LogP contribution is 2.43. The maximum atomic E-state index is 7.26. The van der Waals surface area contributed by atoms with E-state index in [2.05, 4.69) is 56.3 Å². The van der Waals surface area contributed by atoms with E-state index in [0.717, 1.165) is 16.7 Å². The lowest BCUT2D eigenvalue weighted by atomic mass is 9.83. The lowest BCUT2D eigenvalue weighted by Crippen LogP contribution is -2.22. The lowest BCUT2D eigenvalue weighted by molar-refractivity contribution is 0.875. The van der Waals surface area contributed by atoms with Gasteiger partial charge in [-0.25, -0.2) is 0 Å². The summed E-state index contributed by atoms with van der Waals surface area (Å²) in [5.41, 5.74) is 5.75. The van der Waals surface area contributed by atoms with E-state index in [9.17, 15) is 0 Å². The first-order chi connectivity index (χ1) is 10.6. The summed E-state index contributed by atoms with van der Waals surface area (Å²) < 4.78 is 0. The zero-order chi connectivity index (χ0) is 15.6. The second kappa shape index (κ2) is 5.98. The predicted molar refractivity (Wildman–Crippen MR) is 94.5 cm³/mol. The highest BCUT2D eigenvalue weighted by atomic mass is 35.5. The molecule has 0 amide bonds. The number of hydrogen-bond acceptors (Lipinski definition) is 0. The number of aryl methyl sites for hydroxylation is 2. The van der Waals surface area contributed by atoms with Crippen molar-refractivity contribution >= 4 is 11.6 Å². The molecule has 0 N–H and O–H groups in total. The van der Waals surface area contributed by atoms with Gasteiger partial charge in [0.1, 0.15) is 4.87 Å². The van der Waals surface area contributed by atoms with Gasteiger partial charge in [0.15, 0.2) is 0 Å². The maximum Gasteiger partial charge on any atom is 0.119 e. The van der Waals surface area contributed by atoms with Crippen molar-refractivity contribution in [3.05, 3.63) is 107 Å². The van der Waals surface area contributed by atoms with Crippen LogP contribution in [0.5, 0.6) is 0 Å². The van der Waals surface area contributed by atoms with Gasteiger partial charge in [-0.05, 0) is 30.5 Å². The van der Waals surface area contributed by atoms with Crippen LogP contribution in [0.4, 0.5) is 0 Å². The highest BCUT2D eigenvalue weighted by molar-refractivity contribution is 6.28. The Balaban J connectivity index is 2.28. The molecule has 1 heteroatoms. The molecule has 0 bridgehead atoms. The molecular formula is C21H19Cl. The Bertz CT molecular complexity index is 701. The van der Waals surface area contributed by atoms with E-state index in [-0.39, 0.29) is 0 Å². The summed E-state index contributed by atoms with van der Waals surface area (Å²) in [6, 6.07) is 27.1. The smallest absolute Gasteiger partial charge is 0.104 e. The number of halogens is 1. The molecule has 0 aliphatic carbocycles. The molecule has 0 aliphatic rings. The molecule has 22 heavy (non-hydrogen) atoms. The monoisotopic (exact) mass is 306 g/mol. The van der Waals surface area contributed by atoms with Crippen LogP contribution in [0.1, 0.15) is 27.8 Å². The lowest BCUT2D eigenvalue weighted by Gasteiger charge is -2.30. The molecule has 3 aromatic rings. The Kier molecular flexibility index (Phi) is 4.04. The minimum Gasteiger partial charge on any atom is -0.104 e. The molecule has 3 rings (SSSR count). The Morgan fingerprint density at radius 1 is 0.591 bits per heavy atom. The Morgan fingerprint density at radius 3 is 1.41 bits per heavy atom. The molecule has 0 fully saturated rings. The van der Waals surface area contributed by atoms with Crippen molar-refractivity contribution in [3.63, 3.8) is 0 Å². The standard InChI is InChI=1S/C21H19Cl/c1-16-13-17(2)15-20(14-16)21(22,18-9-5-3-6-10-18)19-11-7-4-8-12-19/h3-15H,1-2H3. The van der Waals surface area contributed by atoms with Crippen molar-refractivity contribution in [1.82, 2.24) is 0 Å². The Labute approximate surface area is 137 Å². The van der Waals surface area contributed by atoms with Crippen molar-refractivity contribution < 1.29 is 0 Å². The van der Waals surface area contributed by atoms with Crippen LogP contribution in [0.2, 0.25) is 0 Å². The van der Waals surface area contributed by atoms with Crippen LogP contribution in [-0.2, 0) is 4.87 Å². The molecule has 0 aliphatic heterocycles. The molecule has 0 saturated carbocycles. The molecule has 110 valence electrons. The number of alkyl halides is 1. The van der Waals surface area contributed by atoms with Gasteiger partial charge in [-0.3, -0.25) is 0 Å². The average molecular weight is 307 g/mol. The van der Waals surface area contributed by atoms with Crippen LogP contribution >= 0.6 is 11.6 Å². The summed E-state index contributed by atoms with van der Waals surface area (Å²) in [5.74, 6) is 0. The molecule has 0 atom stereocenters. The van der Waals surface area contributed by atoms with Crippen molar-refractivity contribution in [2.24, 2.45) is 0 Å². The fourth-order valence-electron chi connectivity index (χ4n) is 3.01. The van der Waals surface area contributed by atoms with E-state index in [1.807, 2.05) is 36.4 Å². The van der Waals surface area contributed by atoms with Gasteiger partial charge in [-0.15, -0.1) is 11.6 Å². The fourth-order valence-corrected chi connectivity index (χ4v) is 3.37. The topological polar surface area (TPSA) is 0 Å². The maximum absolute atomic E-state index is 7.26. The Hall–Kier alpha value is -2.05. The first-order valence-corrected chi connectivity index (χ1v) is 7.87. The quantitative estimate of drug-likeness (QED) is 0.421. The van der Waals surface area contributed by atoms with Crippen LogP contribution < -0.4 is 0 Å². The van der Waals surface area contributed by atoms with Gasteiger partial charge in [0.2, 0.25) is 0 Å². The van der Waals surface area contributed by atoms with Crippen molar-refractivity contribution in [2.45, 2.75) is 18.7 Å². The van der Waals surface area contributed by atoms with E-state index in [1.165, 1.54) is 11.1 Å². The molecule has 0 spiro atoms. The molecule has 0 aromatic heterocycles. The van der Waals surface area contributed by atoms with Crippen LogP contribution in [-0.4, -0.2) is 0 Å². The number of rotatable bonds is 3. The number of benzene rings is 3. The first-order valence-electron chi connectivity index (χ1n) is 7.49. The summed E-state index contributed by atoms with van der Waals surface area (Å²) >= 11 is 7.26. The molecule has 0 heterocycles. The highest BCUT2D eigenvalue weighted by Gasteiger charge is 2.34. The zero-order valence-corrected chi connectivity index (χ0v) is 13.6. The molecular weight excluding hydrogens is 288 g/mol. The number of hydrogen-bond donors (Lipinski definition) is 0. The minimum absolute atomic E-state index is 0.667. The van der Waals surface area contributed by atoms with E-state index >= 15 is 0 Å². The first kappa shape index (κ1) is 14.9. The summed E-state index contributed by atoms with van der Waals surface area (Å²) in [4.78, 5) is -0.667. The van der Waals surface area contributed by atoms with E-state index in [0.29, 0.717) is 0 Å². The normalized spacial score (nSPS) is 11.4. The second-order valence-corrected chi connectivity index (χ2v) is 6.33. The van der Waals surface area contributed by atoms with Gasteiger partial charge in [0.05, 0.1) is 0 Å². The van der Waals surface area contributed by atoms with E-state index in [4.69, 9.17) is 11.6 Å². The molecule has 0 nitrogen and oxygen atoms in total. The fraction of sp³-hybridized carbons (Fsp3) is 0.143. The van der Waals surface area contributed by atoms with Crippen LogP contribution in [0.25, 0.3) is 0 Å². The predicted octanol–water partition coefficient (Wildman–Crippen LogP) is 5.83. The van der Waals surface area contributed by atoms with Gasteiger partial charge >= 0.3 is 0 Å². The van der Waals surface area contributed by atoms with Crippen molar-refractivity contribution in [1.29, 1.82) is 0 Å². The van der Waals surface area contributed by atoms with Gasteiger partial charge in [-0.1, -0.05) is 90.0 Å².